The fourth-order valence-electron chi connectivity index (χ4n) is 4.45. The van der Waals surface area contributed by atoms with Crippen LogP contribution in [0.4, 0.5) is 5.69 Å². The average Bonchev–Trinajstić information content (AvgIpc) is 2.85. The van der Waals surface area contributed by atoms with Crippen LogP contribution in [0.2, 0.25) is 0 Å². The Balaban J connectivity index is 1.56. The summed E-state index contributed by atoms with van der Waals surface area (Å²) in [6, 6.07) is 22.2. The van der Waals surface area contributed by atoms with Crippen LogP contribution in [-0.2, 0) is 17.6 Å². The van der Waals surface area contributed by atoms with Gasteiger partial charge in [0.1, 0.15) is 0 Å². The van der Waals surface area contributed by atoms with Crippen LogP contribution in [0.15, 0.2) is 72.9 Å². The molecular formula is C28H33N3O3. The van der Waals surface area contributed by atoms with Gasteiger partial charge in [0.15, 0.2) is 11.5 Å². The van der Waals surface area contributed by atoms with Crippen molar-refractivity contribution in [3.05, 3.63) is 84.2 Å². The van der Waals surface area contributed by atoms with Crippen LogP contribution in [0, 0.1) is 0 Å². The molecule has 178 valence electrons. The molecule has 6 nitrogen and oxygen atoms in total. The van der Waals surface area contributed by atoms with Gasteiger partial charge in [-0.15, -0.1) is 0 Å². The molecule has 0 bridgehead atoms. The largest absolute Gasteiger partial charge is 0.493 e. The lowest BCUT2D eigenvalue weighted by molar-refractivity contribution is -0.133. The second-order valence-corrected chi connectivity index (χ2v) is 8.88. The summed E-state index contributed by atoms with van der Waals surface area (Å²) in [4.78, 5) is 22.0. The number of amides is 1. The molecule has 1 saturated heterocycles. The number of rotatable bonds is 8. The zero-order chi connectivity index (χ0) is 23.9. The number of hydrogen-bond acceptors (Lipinski definition) is 5. The monoisotopic (exact) mass is 459 g/mol. The average molecular weight is 460 g/mol. The Morgan fingerprint density at radius 1 is 1.03 bits per heavy atom. The molecule has 2 heterocycles. The van der Waals surface area contributed by atoms with E-state index in [0.29, 0.717) is 13.0 Å². The van der Waals surface area contributed by atoms with E-state index in [-0.39, 0.29) is 18.1 Å². The molecule has 6 heteroatoms. The van der Waals surface area contributed by atoms with E-state index in [2.05, 4.69) is 40.2 Å². The third-order valence-corrected chi connectivity index (χ3v) is 6.05. The summed E-state index contributed by atoms with van der Waals surface area (Å²) in [5.41, 5.74) is 3.11. The van der Waals surface area contributed by atoms with E-state index < -0.39 is 0 Å². The Labute approximate surface area is 202 Å². The quantitative estimate of drug-likeness (QED) is 0.500. The van der Waals surface area contributed by atoms with Gasteiger partial charge in [0.2, 0.25) is 5.91 Å². The summed E-state index contributed by atoms with van der Waals surface area (Å²) in [6.45, 7) is 6.18. The Hall–Kier alpha value is -3.54. The highest BCUT2D eigenvalue weighted by atomic mass is 16.5. The fourth-order valence-corrected chi connectivity index (χ4v) is 4.45. The molecule has 4 rings (SSSR count). The third-order valence-electron chi connectivity index (χ3n) is 6.05. The minimum atomic E-state index is 0.0519. The second kappa shape index (κ2) is 11.1. The molecule has 1 aliphatic heterocycles. The molecule has 1 aromatic heterocycles. The molecule has 1 amide bonds. The first-order valence-corrected chi connectivity index (χ1v) is 11.9. The molecule has 1 aliphatic rings. The SMILES string of the molecule is COc1ccc(N2CCN(C(=O)Cc3ccccn3)C(Cc3ccccc3)C2)cc1OC(C)C. The van der Waals surface area contributed by atoms with Crippen molar-refractivity contribution in [2.75, 3.05) is 31.6 Å². The Morgan fingerprint density at radius 3 is 2.53 bits per heavy atom. The van der Waals surface area contributed by atoms with Crippen molar-refractivity contribution in [3.8, 4) is 11.5 Å². The van der Waals surface area contributed by atoms with Gasteiger partial charge in [0.25, 0.3) is 0 Å². The van der Waals surface area contributed by atoms with Crippen molar-refractivity contribution in [2.24, 2.45) is 0 Å². The number of aromatic nitrogens is 1. The van der Waals surface area contributed by atoms with E-state index in [4.69, 9.17) is 9.47 Å². The first-order chi connectivity index (χ1) is 16.5. The van der Waals surface area contributed by atoms with Crippen molar-refractivity contribution in [1.29, 1.82) is 0 Å². The summed E-state index contributed by atoms with van der Waals surface area (Å²) in [5.74, 6) is 1.59. The van der Waals surface area contributed by atoms with Crippen molar-refractivity contribution in [2.45, 2.75) is 38.8 Å². The van der Waals surface area contributed by atoms with E-state index in [1.54, 1.807) is 13.3 Å². The maximum absolute atomic E-state index is 13.3. The summed E-state index contributed by atoms with van der Waals surface area (Å²) < 4.78 is 11.5. The number of pyridine rings is 1. The number of carbonyl (C=O) groups is 1. The Bertz CT molecular complexity index is 1070. The zero-order valence-corrected chi connectivity index (χ0v) is 20.2. The van der Waals surface area contributed by atoms with Crippen LogP contribution in [0.25, 0.3) is 0 Å². The van der Waals surface area contributed by atoms with Crippen LogP contribution >= 0.6 is 0 Å². The van der Waals surface area contributed by atoms with Crippen LogP contribution in [0.5, 0.6) is 11.5 Å². The van der Waals surface area contributed by atoms with E-state index in [9.17, 15) is 4.79 Å². The van der Waals surface area contributed by atoms with Gasteiger partial charge < -0.3 is 19.3 Å². The highest BCUT2D eigenvalue weighted by Gasteiger charge is 2.31. The Kier molecular flexibility index (Phi) is 7.68. The van der Waals surface area contributed by atoms with Crippen LogP contribution in [-0.4, -0.2) is 54.7 Å². The minimum Gasteiger partial charge on any atom is -0.493 e. The molecule has 34 heavy (non-hydrogen) atoms. The number of benzene rings is 2. The molecule has 1 fully saturated rings. The highest BCUT2D eigenvalue weighted by Crippen LogP contribution is 2.33. The first kappa shape index (κ1) is 23.6. The number of ether oxygens (including phenoxy) is 2. The van der Waals surface area contributed by atoms with Gasteiger partial charge in [-0.2, -0.15) is 0 Å². The summed E-state index contributed by atoms with van der Waals surface area (Å²) >= 11 is 0. The summed E-state index contributed by atoms with van der Waals surface area (Å²) in [6.07, 6.45) is 2.91. The van der Waals surface area contributed by atoms with E-state index in [1.807, 2.05) is 55.1 Å². The lowest BCUT2D eigenvalue weighted by Gasteiger charge is -2.43. The van der Waals surface area contributed by atoms with E-state index in [0.717, 1.165) is 42.4 Å². The predicted molar refractivity (Wildman–Crippen MR) is 135 cm³/mol. The van der Waals surface area contributed by atoms with Crippen molar-refractivity contribution < 1.29 is 14.3 Å². The fraction of sp³-hybridized carbons (Fsp3) is 0.357. The van der Waals surface area contributed by atoms with Crippen molar-refractivity contribution >= 4 is 11.6 Å². The number of methoxy groups -OCH3 is 1. The number of carbonyl (C=O) groups excluding carboxylic acids is 1. The van der Waals surface area contributed by atoms with Gasteiger partial charge in [-0.25, -0.2) is 0 Å². The molecule has 0 N–H and O–H groups in total. The molecular weight excluding hydrogens is 426 g/mol. The molecule has 1 atom stereocenters. The Morgan fingerprint density at radius 2 is 1.82 bits per heavy atom. The molecule has 0 aliphatic carbocycles. The lowest BCUT2D eigenvalue weighted by Crippen LogP contribution is -2.56. The molecule has 0 radical (unpaired) electrons. The standard InChI is InChI=1S/C28H33N3O3/c1-21(2)34-27-19-24(12-13-26(27)33-3)30-15-16-31(28(32)18-23-11-7-8-14-29-23)25(20-30)17-22-9-5-4-6-10-22/h4-14,19,21,25H,15-18,20H2,1-3H3. The topological polar surface area (TPSA) is 54.9 Å². The third kappa shape index (κ3) is 5.87. The second-order valence-electron chi connectivity index (χ2n) is 8.88. The number of nitrogens with zero attached hydrogens (tertiary/aromatic N) is 3. The summed E-state index contributed by atoms with van der Waals surface area (Å²) in [7, 11) is 1.66. The molecule has 1 unspecified atom stereocenters. The van der Waals surface area contributed by atoms with Gasteiger partial charge in [-0.3, -0.25) is 9.78 Å². The van der Waals surface area contributed by atoms with Gasteiger partial charge in [0.05, 0.1) is 25.7 Å². The molecule has 0 spiro atoms. The van der Waals surface area contributed by atoms with Gasteiger partial charge >= 0.3 is 0 Å². The maximum Gasteiger partial charge on any atom is 0.228 e. The highest BCUT2D eigenvalue weighted by molar-refractivity contribution is 5.79. The smallest absolute Gasteiger partial charge is 0.228 e. The number of hydrogen-bond donors (Lipinski definition) is 0. The van der Waals surface area contributed by atoms with Crippen LogP contribution < -0.4 is 14.4 Å². The van der Waals surface area contributed by atoms with Gasteiger partial charge in [-0.1, -0.05) is 36.4 Å². The first-order valence-electron chi connectivity index (χ1n) is 11.9. The predicted octanol–water partition coefficient (Wildman–Crippen LogP) is 4.38. The number of anilines is 1. The molecule has 3 aromatic rings. The van der Waals surface area contributed by atoms with Crippen molar-refractivity contribution in [3.63, 3.8) is 0 Å². The van der Waals surface area contributed by atoms with Gasteiger partial charge in [0, 0.05) is 43.3 Å². The maximum atomic E-state index is 13.3. The van der Waals surface area contributed by atoms with Crippen molar-refractivity contribution in [1.82, 2.24) is 9.88 Å². The normalized spacial score (nSPS) is 15.9. The number of piperazine rings is 1. The van der Waals surface area contributed by atoms with E-state index in [1.165, 1.54) is 5.56 Å². The summed E-state index contributed by atoms with van der Waals surface area (Å²) in [5, 5.41) is 0. The van der Waals surface area contributed by atoms with Crippen LogP contribution in [0.1, 0.15) is 25.1 Å². The van der Waals surface area contributed by atoms with Gasteiger partial charge in [-0.05, 0) is 50.1 Å². The minimum absolute atomic E-state index is 0.0519. The van der Waals surface area contributed by atoms with Crippen LogP contribution in [0.3, 0.4) is 0 Å². The lowest BCUT2D eigenvalue weighted by atomic mass is 10.0. The zero-order valence-electron chi connectivity index (χ0n) is 20.2. The molecule has 0 saturated carbocycles. The molecule has 2 aromatic carbocycles. The van der Waals surface area contributed by atoms with E-state index >= 15 is 0 Å².